The third-order valence-corrected chi connectivity index (χ3v) is 4.20. The number of nitro benzene ring substituents is 1. The lowest BCUT2D eigenvalue weighted by molar-refractivity contribution is -0.384. The van der Waals surface area contributed by atoms with Gasteiger partial charge in [-0.25, -0.2) is 4.79 Å². The molecule has 7 nitrogen and oxygen atoms in total. The number of hydrogen-bond donors (Lipinski definition) is 1. The molecular weight excluding hydrogens is 360 g/mol. The standard InChI is InChI=1S/C21H18N2O5/c1-22(21(24)25)20-14-18(11-12-19(20)23(26)27)28-17-9-7-16(8-10-17)13-15-5-3-2-4-6-15/h2-12,14H,13H2,1H3,(H,24,25). The molecule has 0 saturated carbocycles. The molecule has 3 aromatic rings. The second kappa shape index (κ2) is 8.22. The first-order valence-electron chi connectivity index (χ1n) is 8.50. The van der Waals surface area contributed by atoms with Crippen LogP contribution in [0.25, 0.3) is 0 Å². The summed E-state index contributed by atoms with van der Waals surface area (Å²) in [6.07, 6.45) is -0.503. The number of nitro groups is 1. The highest BCUT2D eigenvalue weighted by atomic mass is 16.6. The monoisotopic (exact) mass is 378 g/mol. The number of ether oxygens (including phenoxy) is 1. The van der Waals surface area contributed by atoms with E-state index in [1.54, 1.807) is 12.1 Å². The molecule has 0 aliphatic rings. The SMILES string of the molecule is CN(C(=O)O)c1cc(Oc2ccc(Cc3ccccc3)cc2)ccc1[N+](=O)[O-]. The Morgan fingerprint density at radius 3 is 2.21 bits per heavy atom. The maximum absolute atomic E-state index is 11.2. The normalized spacial score (nSPS) is 10.3. The summed E-state index contributed by atoms with van der Waals surface area (Å²) < 4.78 is 5.75. The van der Waals surface area contributed by atoms with Crippen LogP contribution in [-0.2, 0) is 6.42 Å². The second-order valence-corrected chi connectivity index (χ2v) is 6.16. The van der Waals surface area contributed by atoms with E-state index in [0.29, 0.717) is 11.5 Å². The average Bonchev–Trinajstić information content (AvgIpc) is 2.69. The first kappa shape index (κ1) is 18.9. The van der Waals surface area contributed by atoms with Gasteiger partial charge in [0.15, 0.2) is 0 Å². The molecule has 0 aromatic heterocycles. The molecule has 142 valence electrons. The molecule has 0 aliphatic heterocycles. The average molecular weight is 378 g/mol. The van der Waals surface area contributed by atoms with E-state index in [0.717, 1.165) is 16.9 Å². The van der Waals surface area contributed by atoms with Gasteiger partial charge in [-0.3, -0.25) is 15.0 Å². The Morgan fingerprint density at radius 1 is 1.00 bits per heavy atom. The zero-order chi connectivity index (χ0) is 20.1. The van der Waals surface area contributed by atoms with Gasteiger partial charge >= 0.3 is 6.09 Å². The number of anilines is 1. The lowest BCUT2D eigenvalue weighted by atomic mass is 10.1. The van der Waals surface area contributed by atoms with E-state index in [2.05, 4.69) is 12.1 Å². The molecule has 0 heterocycles. The summed E-state index contributed by atoms with van der Waals surface area (Å²) in [6.45, 7) is 0. The van der Waals surface area contributed by atoms with Gasteiger partial charge in [-0.1, -0.05) is 42.5 Å². The summed E-state index contributed by atoms with van der Waals surface area (Å²) in [5.41, 5.74) is 1.95. The smallest absolute Gasteiger partial charge is 0.411 e. The highest BCUT2D eigenvalue weighted by Gasteiger charge is 2.22. The van der Waals surface area contributed by atoms with Crippen molar-refractivity contribution in [1.82, 2.24) is 0 Å². The van der Waals surface area contributed by atoms with Gasteiger partial charge in [0, 0.05) is 19.2 Å². The first-order chi connectivity index (χ1) is 13.4. The molecule has 3 rings (SSSR count). The highest BCUT2D eigenvalue weighted by molar-refractivity contribution is 5.89. The van der Waals surface area contributed by atoms with E-state index >= 15 is 0 Å². The minimum Gasteiger partial charge on any atom is -0.465 e. The van der Waals surface area contributed by atoms with Crippen molar-refractivity contribution in [3.8, 4) is 11.5 Å². The number of amides is 1. The van der Waals surface area contributed by atoms with Gasteiger partial charge in [0.05, 0.1) is 4.92 Å². The van der Waals surface area contributed by atoms with Crippen molar-refractivity contribution < 1.29 is 19.6 Å². The molecule has 0 saturated heterocycles. The molecule has 0 unspecified atom stereocenters. The van der Waals surface area contributed by atoms with Gasteiger partial charge in [-0.2, -0.15) is 0 Å². The van der Waals surface area contributed by atoms with Gasteiger partial charge in [0.1, 0.15) is 17.2 Å². The molecular formula is C21H18N2O5. The fourth-order valence-corrected chi connectivity index (χ4v) is 2.74. The summed E-state index contributed by atoms with van der Waals surface area (Å²) in [6, 6.07) is 21.6. The fourth-order valence-electron chi connectivity index (χ4n) is 2.74. The Kier molecular flexibility index (Phi) is 5.55. The van der Waals surface area contributed by atoms with Crippen LogP contribution in [0.3, 0.4) is 0 Å². The van der Waals surface area contributed by atoms with Gasteiger partial charge in [0.25, 0.3) is 5.69 Å². The molecule has 0 atom stereocenters. The van der Waals surface area contributed by atoms with E-state index < -0.39 is 11.0 Å². The topological polar surface area (TPSA) is 92.9 Å². The van der Waals surface area contributed by atoms with Crippen molar-refractivity contribution in [3.63, 3.8) is 0 Å². The Labute approximate surface area is 161 Å². The molecule has 0 fully saturated rings. The molecule has 0 aliphatic carbocycles. The molecule has 0 radical (unpaired) electrons. The molecule has 0 bridgehead atoms. The maximum Gasteiger partial charge on any atom is 0.411 e. The number of hydrogen-bond acceptors (Lipinski definition) is 4. The third-order valence-electron chi connectivity index (χ3n) is 4.20. The van der Waals surface area contributed by atoms with Crippen molar-refractivity contribution >= 4 is 17.5 Å². The maximum atomic E-state index is 11.2. The van der Waals surface area contributed by atoms with Gasteiger partial charge in [0.2, 0.25) is 0 Å². The largest absolute Gasteiger partial charge is 0.465 e. The summed E-state index contributed by atoms with van der Waals surface area (Å²) in [5, 5.41) is 20.3. The Morgan fingerprint density at radius 2 is 1.61 bits per heavy atom. The van der Waals surface area contributed by atoms with Crippen LogP contribution in [0.2, 0.25) is 0 Å². The van der Waals surface area contributed by atoms with E-state index in [9.17, 15) is 14.9 Å². The van der Waals surface area contributed by atoms with Crippen molar-refractivity contribution in [2.24, 2.45) is 0 Å². The van der Waals surface area contributed by atoms with Crippen LogP contribution >= 0.6 is 0 Å². The van der Waals surface area contributed by atoms with Crippen molar-refractivity contribution in [2.75, 3.05) is 11.9 Å². The zero-order valence-electron chi connectivity index (χ0n) is 15.1. The highest BCUT2D eigenvalue weighted by Crippen LogP contribution is 2.33. The van der Waals surface area contributed by atoms with E-state index in [-0.39, 0.29) is 11.4 Å². The molecule has 0 spiro atoms. The first-order valence-corrected chi connectivity index (χ1v) is 8.50. The van der Waals surface area contributed by atoms with Crippen LogP contribution in [0.4, 0.5) is 16.2 Å². The van der Waals surface area contributed by atoms with Gasteiger partial charge in [-0.05, 0) is 35.7 Å². The lowest BCUT2D eigenvalue weighted by Crippen LogP contribution is -2.24. The summed E-state index contributed by atoms with van der Waals surface area (Å²) in [5.74, 6) is 0.860. The molecule has 7 heteroatoms. The molecule has 1 N–H and O–H groups in total. The molecule has 1 amide bonds. The van der Waals surface area contributed by atoms with Crippen LogP contribution in [-0.4, -0.2) is 23.2 Å². The summed E-state index contributed by atoms with van der Waals surface area (Å²) >= 11 is 0. The third kappa shape index (κ3) is 4.45. The minimum absolute atomic E-state index is 0.0595. The Hall–Kier alpha value is -3.87. The molecule has 3 aromatic carbocycles. The van der Waals surface area contributed by atoms with E-state index in [1.165, 1.54) is 30.8 Å². The predicted octanol–water partition coefficient (Wildman–Crippen LogP) is 5.09. The number of nitrogens with zero attached hydrogens (tertiary/aromatic N) is 2. The van der Waals surface area contributed by atoms with Gasteiger partial charge in [-0.15, -0.1) is 0 Å². The summed E-state index contributed by atoms with van der Waals surface area (Å²) in [7, 11) is 1.24. The summed E-state index contributed by atoms with van der Waals surface area (Å²) in [4.78, 5) is 22.5. The minimum atomic E-state index is -1.30. The van der Waals surface area contributed by atoms with Crippen LogP contribution in [0, 0.1) is 10.1 Å². The Bertz CT molecular complexity index is 987. The number of carboxylic acid groups (broad SMARTS) is 1. The van der Waals surface area contributed by atoms with Gasteiger partial charge < -0.3 is 9.84 Å². The van der Waals surface area contributed by atoms with Crippen LogP contribution in [0.5, 0.6) is 11.5 Å². The quantitative estimate of drug-likeness (QED) is 0.476. The number of benzene rings is 3. The van der Waals surface area contributed by atoms with Crippen LogP contribution < -0.4 is 9.64 Å². The van der Waals surface area contributed by atoms with E-state index in [4.69, 9.17) is 9.84 Å². The number of rotatable bonds is 6. The molecule has 28 heavy (non-hydrogen) atoms. The predicted molar refractivity (Wildman–Crippen MR) is 105 cm³/mol. The van der Waals surface area contributed by atoms with Crippen LogP contribution in [0.1, 0.15) is 11.1 Å². The zero-order valence-corrected chi connectivity index (χ0v) is 15.1. The Balaban J connectivity index is 1.78. The van der Waals surface area contributed by atoms with Crippen molar-refractivity contribution in [3.05, 3.63) is 94.0 Å². The van der Waals surface area contributed by atoms with Crippen molar-refractivity contribution in [1.29, 1.82) is 0 Å². The number of carbonyl (C=O) groups is 1. The lowest BCUT2D eigenvalue weighted by Gasteiger charge is -2.15. The van der Waals surface area contributed by atoms with Crippen LogP contribution in [0.15, 0.2) is 72.8 Å². The fraction of sp³-hybridized carbons (Fsp3) is 0.0952. The van der Waals surface area contributed by atoms with Crippen molar-refractivity contribution in [2.45, 2.75) is 6.42 Å². The van der Waals surface area contributed by atoms with E-state index in [1.807, 2.05) is 30.3 Å². The second-order valence-electron chi connectivity index (χ2n) is 6.16.